The molecule has 0 N–H and O–H groups in total. The number of rotatable bonds is 11. The Morgan fingerprint density at radius 2 is 1.70 bits per heavy atom. The van der Waals surface area contributed by atoms with Gasteiger partial charge in [0, 0.05) is 30.0 Å². The summed E-state index contributed by atoms with van der Waals surface area (Å²) in [6, 6.07) is 24.3. The number of nitrogens with zero attached hydrogens (tertiary/aromatic N) is 6. The van der Waals surface area contributed by atoms with Crippen molar-refractivity contribution < 1.29 is 32.0 Å². The number of hydrogen-bond donors (Lipinski definition) is 0. The molecule has 1 saturated heterocycles. The van der Waals surface area contributed by atoms with Gasteiger partial charge in [-0.25, -0.2) is 4.79 Å². The number of likely N-dealkylation sites (tertiary alicyclic amines) is 1. The van der Waals surface area contributed by atoms with Gasteiger partial charge in [-0.3, -0.25) is 9.58 Å². The molecule has 0 atom stereocenters. The summed E-state index contributed by atoms with van der Waals surface area (Å²) >= 11 is 0. The Kier molecular flexibility index (Phi) is 9.52. The average molecular weight is 647 g/mol. The fraction of sp³-hybridized carbons (Fsp3) is 0.294. The second kappa shape index (κ2) is 14.1. The molecule has 0 aliphatic carbocycles. The highest BCUT2D eigenvalue weighted by atomic mass is 19.4. The minimum atomic E-state index is -4.78. The largest absolute Gasteiger partial charge is 0.573 e. The second-order valence-electron chi connectivity index (χ2n) is 11.2. The number of aryl methyl sites for hydroxylation is 1. The van der Waals surface area contributed by atoms with Gasteiger partial charge >= 0.3 is 12.5 Å². The van der Waals surface area contributed by atoms with Crippen molar-refractivity contribution in [2.75, 3.05) is 31.1 Å². The maximum Gasteiger partial charge on any atom is 0.573 e. The maximum absolute atomic E-state index is 13.4. The van der Waals surface area contributed by atoms with Crippen LogP contribution in [0, 0.1) is 6.92 Å². The van der Waals surface area contributed by atoms with Crippen molar-refractivity contribution in [1.82, 2.24) is 24.8 Å². The van der Waals surface area contributed by atoms with Gasteiger partial charge < -0.3 is 18.9 Å². The zero-order valence-electron chi connectivity index (χ0n) is 25.7. The van der Waals surface area contributed by atoms with Gasteiger partial charge in [-0.15, -0.1) is 13.2 Å². The third-order valence-corrected chi connectivity index (χ3v) is 7.79. The molecule has 2 aromatic heterocycles. The molecule has 47 heavy (non-hydrogen) atoms. The van der Waals surface area contributed by atoms with Crippen LogP contribution in [0.4, 0.5) is 23.7 Å². The zero-order valence-corrected chi connectivity index (χ0v) is 25.7. The van der Waals surface area contributed by atoms with Gasteiger partial charge in [0.05, 0.1) is 6.54 Å². The molecule has 3 aromatic carbocycles. The fourth-order valence-corrected chi connectivity index (χ4v) is 5.39. The molecule has 1 aliphatic heterocycles. The molecular weight excluding hydrogens is 613 g/mol. The summed E-state index contributed by atoms with van der Waals surface area (Å²) in [7, 11) is 0. The summed E-state index contributed by atoms with van der Waals surface area (Å²) in [5, 5.41) is 8.63. The quantitative estimate of drug-likeness (QED) is 0.150. The van der Waals surface area contributed by atoms with Crippen LogP contribution < -0.4 is 9.64 Å². The molecule has 6 rings (SSSR count). The van der Waals surface area contributed by atoms with Crippen molar-refractivity contribution in [2.45, 2.75) is 39.3 Å². The molecule has 0 bridgehead atoms. The molecule has 0 saturated carbocycles. The highest BCUT2D eigenvalue weighted by Gasteiger charge is 2.31. The summed E-state index contributed by atoms with van der Waals surface area (Å²) < 4.78 is 54.3. The zero-order chi connectivity index (χ0) is 32.8. The van der Waals surface area contributed by atoms with E-state index in [0.29, 0.717) is 24.3 Å². The van der Waals surface area contributed by atoms with E-state index in [1.807, 2.05) is 67.6 Å². The van der Waals surface area contributed by atoms with Gasteiger partial charge in [0.15, 0.2) is 5.69 Å². The van der Waals surface area contributed by atoms with E-state index in [-0.39, 0.29) is 24.1 Å². The SMILES string of the molecule is Cc1cc(-c2nc(-c3ccc(OC(F)(F)F)cc3)no2)nn1Cc1cccc(N(CCN2CCCC2)C(=O)OCc2ccccc2)c1. The summed E-state index contributed by atoms with van der Waals surface area (Å²) in [5.74, 6) is 0.0225. The third-order valence-electron chi connectivity index (χ3n) is 7.79. The number of benzene rings is 3. The Morgan fingerprint density at radius 3 is 2.45 bits per heavy atom. The van der Waals surface area contributed by atoms with E-state index in [4.69, 9.17) is 9.26 Å². The van der Waals surface area contributed by atoms with Gasteiger partial charge in [0.25, 0.3) is 5.89 Å². The summed E-state index contributed by atoms with van der Waals surface area (Å²) in [6.45, 7) is 5.81. The lowest BCUT2D eigenvalue weighted by Gasteiger charge is -2.25. The highest BCUT2D eigenvalue weighted by Crippen LogP contribution is 2.27. The van der Waals surface area contributed by atoms with Crippen molar-refractivity contribution >= 4 is 11.8 Å². The Bertz CT molecular complexity index is 1780. The smallest absolute Gasteiger partial charge is 0.444 e. The second-order valence-corrected chi connectivity index (χ2v) is 11.2. The maximum atomic E-state index is 13.4. The number of anilines is 1. The van der Waals surface area contributed by atoms with Crippen LogP contribution in [0.5, 0.6) is 5.75 Å². The van der Waals surface area contributed by atoms with Crippen LogP contribution in [0.15, 0.2) is 89.5 Å². The summed E-state index contributed by atoms with van der Waals surface area (Å²) in [6.07, 6.45) is -2.85. The standard InChI is InChI=1S/C34H33F3N6O4/c1-24-20-30(32-38-31(40-47-32)27-12-14-29(15-13-27)46-34(35,36)37)39-43(24)22-26-10-7-11-28(21-26)42(19-18-41-16-5-6-17-41)33(44)45-23-25-8-3-2-4-9-25/h2-4,7-15,20-21H,5-6,16-19,22-23H2,1H3. The lowest BCUT2D eigenvalue weighted by molar-refractivity contribution is -0.274. The molecule has 10 nitrogen and oxygen atoms in total. The molecule has 1 fully saturated rings. The van der Waals surface area contributed by atoms with E-state index in [9.17, 15) is 18.0 Å². The first-order chi connectivity index (χ1) is 22.7. The molecule has 0 spiro atoms. The Balaban J connectivity index is 1.16. The number of halogens is 3. The van der Waals surface area contributed by atoms with Crippen LogP contribution in [0.2, 0.25) is 0 Å². The van der Waals surface area contributed by atoms with Gasteiger partial charge in [-0.2, -0.15) is 10.1 Å². The minimum absolute atomic E-state index is 0.167. The van der Waals surface area contributed by atoms with Crippen molar-refractivity contribution in [2.24, 2.45) is 0 Å². The number of carbonyl (C=O) groups is 1. The minimum Gasteiger partial charge on any atom is -0.444 e. The van der Waals surface area contributed by atoms with E-state index >= 15 is 0 Å². The fourth-order valence-electron chi connectivity index (χ4n) is 5.39. The van der Waals surface area contributed by atoms with Gasteiger partial charge in [-0.05, 0) is 86.4 Å². The van der Waals surface area contributed by atoms with Gasteiger partial charge in [0.1, 0.15) is 12.4 Å². The van der Waals surface area contributed by atoms with Crippen molar-refractivity contribution in [3.05, 3.63) is 102 Å². The lowest BCUT2D eigenvalue weighted by Crippen LogP contribution is -2.38. The van der Waals surface area contributed by atoms with Crippen LogP contribution in [-0.2, 0) is 17.9 Å². The number of ether oxygens (including phenoxy) is 2. The molecule has 1 amide bonds. The van der Waals surface area contributed by atoms with E-state index in [0.717, 1.165) is 55.0 Å². The van der Waals surface area contributed by atoms with Crippen LogP contribution in [-0.4, -0.2) is 63.5 Å². The Hall–Kier alpha value is -5.17. The molecule has 3 heterocycles. The number of carbonyl (C=O) groups excluding carboxylic acids is 1. The molecular formula is C34H33F3N6O4. The first kappa shape index (κ1) is 31.8. The monoisotopic (exact) mass is 646 g/mol. The van der Waals surface area contributed by atoms with Gasteiger partial charge in [-0.1, -0.05) is 47.6 Å². The van der Waals surface area contributed by atoms with Crippen LogP contribution in [0.25, 0.3) is 23.0 Å². The average Bonchev–Trinajstić information content (AvgIpc) is 3.83. The first-order valence-corrected chi connectivity index (χ1v) is 15.2. The molecule has 13 heteroatoms. The molecule has 244 valence electrons. The highest BCUT2D eigenvalue weighted by molar-refractivity contribution is 5.87. The van der Waals surface area contributed by atoms with Crippen molar-refractivity contribution in [3.63, 3.8) is 0 Å². The Labute approximate surface area is 269 Å². The first-order valence-electron chi connectivity index (χ1n) is 15.2. The lowest BCUT2D eigenvalue weighted by atomic mass is 10.2. The topological polar surface area (TPSA) is 98.7 Å². The number of hydrogen-bond acceptors (Lipinski definition) is 8. The Morgan fingerprint density at radius 1 is 0.957 bits per heavy atom. The van der Waals surface area contributed by atoms with E-state index in [2.05, 4.69) is 24.9 Å². The van der Waals surface area contributed by atoms with E-state index < -0.39 is 12.5 Å². The number of amides is 1. The molecule has 1 aliphatic rings. The van der Waals surface area contributed by atoms with Crippen LogP contribution in [0.1, 0.15) is 29.7 Å². The van der Waals surface area contributed by atoms with E-state index in [1.165, 1.54) is 24.3 Å². The molecule has 5 aromatic rings. The number of aromatic nitrogens is 4. The third kappa shape index (κ3) is 8.36. The molecule has 0 radical (unpaired) electrons. The predicted molar refractivity (Wildman–Crippen MR) is 168 cm³/mol. The van der Waals surface area contributed by atoms with Crippen molar-refractivity contribution in [3.8, 4) is 28.7 Å². The summed E-state index contributed by atoms with van der Waals surface area (Å²) in [5.41, 5.74) is 4.32. The van der Waals surface area contributed by atoms with Crippen molar-refractivity contribution in [1.29, 1.82) is 0 Å². The summed E-state index contributed by atoms with van der Waals surface area (Å²) in [4.78, 5) is 21.8. The number of alkyl halides is 3. The van der Waals surface area contributed by atoms with Gasteiger partial charge in [0.2, 0.25) is 5.82 Å². The van der Waals surface area contributed by atoms with Crippen LogP contribution >= 0.6 is 0 Å². The van der Waals surface area contributed by atoms with E-state index in [1.54, 1.807) is 9.58 Å². The van der Waals surface area contributed by atoms with Crippen LogP contribution in [0.3, 0.4) is 0 Å². The molecule has 0 unspecified atom stereocenters. The normalized spacial score (nSPS) is 13.5. The predicted octanol–water partition coefficient (Wildman–Crippen LogP) is 7.09.